The van der Waals surface area contributed by atoms with E-state index in [2.05, 4.69) is 0 Å². The fourth-order valence-electron chi connectivity index (χ4n) is 2.64. The number of nitrogen functional groups attached to an aromatic ring is 1. The van der Waals surface area contributed by atoms with Crippen LogP contribution < -0.4 is 5.73 Å². The van der Waals surface area contributed by atoms with Crippen LogP contribution in [0.5, 0.6) is 0 Å². The summed E-state index contributed by atoms with van der Waals surface area (Å²) in [4.78, 5) is 0. The summed E-state index contributed by atoms with van der Waals surface area (Å²) < 4.78 is 16.0. The second-order valence-corrected chi connectivity index (χ2v) is 5.00. The van der Waals surface area contributed by atoms with E-state index in [1.807, 2.05) is 0 Å². The summed E-state index contributed by atoms with van der Waals surface area (Å²) in [6.07, 6.45) is -3.95. The Morgan fingerprint density at radius 1 is 1.24 bits per heavy atom. The number of ether oxygens (including phenoxy) is 3. The predicted octanol–water partition coefficient (Wildman–Crippen LogP) is -0.804. The smallest absolute Gasteiger partial charge is 0.222 e. The Morgan fingerprint density at radius 2 is 1.86 bits per heavy atom. The van der Waals surface area contributed by atoms with Crippen LogP contribution in [0.2, 0.25) is 0 Å². The third-order valence-corrected chi connectivity index (χ3v) is 3.76. The van der Waals surface area contributed by atoms with E-state index in [-0.39, 0.29) is 0 Å². The first kappa shape index (κ1) is 16.2. The number of hydrogen-bond donors (Lipinski definition) is 4. The maximum absolute atomic E-state index is 10.9. The second kappa shape index (κ2) is 6.27. The van der Waals surface area contributed by atoms with E-state index in [0.29, 0.717) is 11.3 Å². The van der Waals surface area contributed by atoms with E-state index >= 15 is 0 Å². The third kappa shape index (κ3) is 2.76. The Labute approximate surface area is 122 Å². The molecule has 7 heteroatoms. The van der Waals surface area contributed by atoms with Gasteiger partial charge in [-0.25, -0.2) is 0 Å². The summed E-state index contributed by atoms with van der Waals surface area (Å²) in [6, 6.07) is 6.43. The van der Waals surface area contributed by atoms with Crippen LogP contribution in [0, 0.1) is 0 Å². The highest BCUT2D eigenvalue weighted by molar-refractivity contribution is 5.41. The van der Waals surface area contributed by atoms with Gasteiger partial charge >= 0.3 is 0 Å². The van der Waals surface area contributed by atoms with Crippen molar-refractivity contribution in [3.63, 3.8) is 0 Å². The average Bonchev–Trinajstić information content (AvgIpc) is 2.49. The van der Waals surface area contributed by atoms with Crippen molar-refractivity contribution in [3.05, 3.63) is 29.8 Å². The molecule has 5 atom stereocenters. The normalized spacial score (nSPS) is 36.6. The molecule has 5 N–H and O–H groups in total. The molecule has 0 bridgehead atoms. The Morgan fingerprint density at radius 3 is 2.33 bits per heavy atom. The van der Waals surface area contributed by atoms with Crippen molar-refractivity contribution in [1.29, 1.82) is 0 Å². The van der Waals surface area contributed by atoms with E-state index in [4.69, 9.17) is 19.9 Å². The maximum atomic E-state index is 10.9. The van der Waals surface area contributed by atoms with E-state index in [1.54, 1.807) is 24.3 Å². The van der Waals surface area contributed by atoms with Crippen LogP contribution in [-0.4, -0.2) is 60.6 Å². The van der Waals surface area contributed by atoms with E-state index in [1.165, 1.54) is 14.2 Å². The Bertz CT molecular complexity index is 467. The highest BCUT2D eigenvalue weighted by Gasteiger charge is 2.55. The van der Waals surface area contributed by atoms with E-state index in [0.717, 1.165) is 0 Å². The first-order valence-electron chi connectivity index (χ1n) is 6.58. The highest BCUT2D eigenvalue weighted by atomic mass is 16.7. The molecule has 0 amide bonds. The lowest BCUT2D eigenvalue weighted by Gasteiger charge is -2.48. The van der Waals surface area contributed by atoms with Crippen molar-refractivity contribution in [3.8, 4) is 0 Å². The lowest BCUT2D eigenvalue weighted by Crippen LogP contribution is -2.64. The third-order valence-electron chi connectivity index (χ3n) is 3.76. The first-order chi connectivity index (χ1) is 9.97. The van der Waals surface area contributed by atoms with Crippen molar-refractivity contribution in [2.45, 2.75) is 30.2 Å². The van der Waals surface area contributed by atoms with E-state index < -0.39 is 36.8 Å². The van der Waals surface area contributed by atoms with Crippen molar-refractivity contribution >= 4 is 5.69 Å². The summed E-state index contributed by atoms with van der Waals surface area (Å²) in [5.41, 5.74) is 6.57. The quantitative estimate of drug-likeness (QED) is 0.538. The zero-order chi connectivity index (χ0) is 15.6. The van der Waals surface area contributed by atoms with Gasteiger partial charge in [0, 0.05) is 25.5 Å². The molecule has 7 nitrogen and oxygen atoms in total. The van der Waals surface area contributed by atoms with Gasteiger partial charge in [-0.05, 0) is 12.1 Å². The largest absolute Gasteiger partial charge is 0.399 e. The van der Waals surface area contributed by atoms with Gasteiger partial charge in [0.25, 0.3) is 0 Å². The predicted molar refractivity (Wildman–Crippen MR) is 74.3 cm³/mol. The number of rotatable bonds is 4. The fourth-order valence-corrected chi connectivity index (χ4v) is 2.64. The molecule has 1 saturated heterocycles. The van der Waals surface area contributed by atoms with Gasteiger partial charge < -0.3 is 35.3 Å². The Hall–Kier alpha value is -1.22. The minimum Gasteiger partial charge on any atom is -0.399 e. The van der Waals surface area contributed by atoms with Gasteiger partial charge in [-0.15, -0.1) is 0 Å². The number of aliphatic hydroxyl groups excluding tert-OH is 2. The van der Waals surface area contributed by atoms with Gasteiger partial charge in [0.2, 0.25) is 5.79 Å². The van der Waals surface area contributed by atoms with Crippen LogP contribution in [0.15, 0.2) is 24.3 Å². The van der Waals surface area contributed by atoms with Crippen molar-refractivity contribution in [2.24, 2.45) is 0 Å². The summed E-state index contributed by atoms with van der Waals surface area (Å²) in [7, 11) is 2.78. The first-order valence-corrected chi connectivity index (χ1v) is 6.58. The summed E-state index contributed by atoms with van der Waals surface area (Å²) in [5.74, 6) is -1.87. The number of nitrogens with two attached hydrogens (primary N) is 1. The lowest BCUT2D eigenvalue weighted by atomic mass is 9.88. The number of methoxy groups -OCH3 is 2. The van der Waals surface area contributed by atoms with Gasteiger partial charge in [0.05, 0.1) is 6.61 Å². The van der Waals surface area contributed by atoms with Crippen LogP contribution in [0.4, 0.5) is 5.69 Å². The maximum Gasteiger partial charge on any atom is 0.222 e. The topological polar surface area (TPSA) is 114 Å². The zero-order valence-electron chi connectivity index (χ0n) is 12.0. The Balaban J connectivity index is 2.44. The molecular weight excluding hydrogens is 278 g/mol. The second-order valence-electron chi connectivity index (χ2n) is 5.00. The molecule has 1 aromatic rings. The Kier molecular flexibility index (Phi) is 4.82. The standard InChI is InChI=1S/C14H21NO6/c1-19-12-11(17)10(7-16)21-14(18,13(12)20-2)8-3-5-9(15)6-4-8/h3-6,10-13,16-18H,7,15H2,1-2H3/t10-,11+,12+,13-,14-/m1/s1. The van der Waals surface area contributed by atoms with Crippen LogP contribution in [-0.2, 0) is 20.0 Å². The molecule has 2 rings (SSSR count). The summed E-state index contributed by atoms with van der Waals surface area (Å²) >= 11 is 0. The van der Waals surface area contributed by atoms with Gasteiger partial charge in [-0.1, -0.05) is 12.1 Å². The molecule has 1 aliphatic rings. The molecule has 0 aliphatic carbocycles. The molecule has 1 heterocycles. The molecular formula is C14H21NO6. The van der Waals surface area contributed by atoms with Crippen LogP contribution in [0.25, 0.3) is 0 Å². The molecule has 1 aromatic carbocycles. The molecule has 0 saturated carbocycles. The van der Waals surface area contributed by atoms with Crippen molar-refractivity contribution in [1.82, 2.24) is 0 Å². The van der Waals surface area contributed by atoms with E-state index in [9.17, 15) is 15.3 Å². The SMILES string of the molecule is CO[C@H]1[C@@H](O)[C@@H](CO)O[C@](O)(c2ccc(N)cc2)[C@@H]1OC. The lowest BCUT2D eigenvalue weighted by molar-refractivity contribution is -0.364. The average molecular weight is 299 g/mol. The van der Waals surface area contributed by atoms with Gasteiger partial charge in [-0.2, -0.15) is 0 Å². The zero-order valence-corrected chi connectivity index (χ0v) is 12.0. The van der Waals surface area contributed by atoms with Crippen LogP contribution in [0.1, 0.15) is 5.56 Å². The molecule has 0 radical (unpaired) electrons. The summed E-state index contributed by atoms with van der Waals surface area (Å²) in [6.45, 7) is -0.464. The molecule has 1 fully saturated rings. The number of hydrogen-bond acceptors (Lipinski definition) is 7. The monoisotopic (exact) mass is 299 g/mol. The number of aliphatic hydroxyl groups is 3. The summed E-state index contributed by atoms with van der Waals surface area (Å²) in [5, 5.41) is 30.4. The molecule has 118 valence electrons. The van der Waals surface area contributed by atoms with Gasteiger partial charge in [0.15, 0.2) is 0 Å². The van der Waals surface area contributed by atoms with Crippen LogP contribution in [0.3, 0.4) is 0 Å². The molecule has 21 heavy (non-hydrogen) atoms. The molecule has 0 unspecified atom stereocenters. The van der Waals surface area contributed by atoms with Gasteiger partial charge in [-0.3, -0.25) is 0 Å². The van der Waals surface area contributed by atoms with Crippen molar-refractivity contribution in [2.75, 3.05) is 26.6 Å². The minimum atomic E-state index is -1.87. The number of anilines is 1. The highest BCUT2D eigenvalue weighted by Crippen LogP contribution is 2.38. The van der Waals surface area contributed by atoms with Crippen LogP contribution >= 0.6 is 0 Å². The minimum absolute atomic E-state index is 0.399. The molecule has 0 spiro atoms. The number of benzene rings is 1. The fraction of sp³-hybridized carbons (Fsp3) is 0.571. The molecule has 0 aromatic heterocycles. The van der Waals surface area contributed by atoms with Gasteiger partial charge in [0.1, 0.15) is 24.4 Å². The molecule has 1 aliphatic heterocycles. The van der Waals surface area contributed by atoms with Crippen molar-refractivity contribution < 1.29 is 29.5 Å².